The molecule has 0 aromatic heterocycles. The molecule has 4 nitrogen and oxygen atoms in total. The lowest BCUT2D eigenvalue weighted by Crippen LogP contribution is -2.03. The number of rotatable bonds is 7. The van der Waals surface area contributed by atoms with Gasteiger partial charge in [0, 0.05) is 10.6 Å². The maximum atomic E-state index is 12.2. The fourth-order valence-corrected chi connectivity index (χ4v) is 1.87. The molecule has 0 radical (unpaired) electrons. The average Bonchev–Trinajstić information content (AvgIpc) is 2.54. The van der Waals surface area contributed by atoms with Gasteiger partial charge in [0.2, 0.25) is 0 Å². The van der Waals surface area contributed by atoms with E-state index in [-0.39, 0.29) is 18.1 Å². The van der Waals surface area contributed by atoms with Crippen LogP contribution in [0.2, 0.25) is 5.02 Å². The molecular weight excluding hydrogens is 328 g/mol. The van der Waals surface area contributed by atoms with Gasteiger partial charge in [0.25, 0.3) is 0 Å². The lowest BCUT2D eigenvalue weighted by atomic mass is 10.2. The van der Waals surface area contributed by atoms with Crippen molar-refractivity contribution in [3.63, 3.8) is 0 Å². The van der Waals surface area contributed by atoms with E-state index in [1.54, 1.807) is 18.2 Å². The SMILES string of the molecule is COc1cc(/C=N/OCc2ccc(Cl)cc2)ccc1OC(F)F. The molecule has 0 heterocycles. The lowest BCUT2D eigenvalue weighted by Gasteiger charge is -2.09. The number of benzene rings is 2. The van der Waals surface area contributed by atoms with E-state index in [0.717, 1.165) is 5.56 Å². The number of alkyl halides is 2. The molecule has 0 saturated carbocycles. The van der Waals surface area contributed by atoms with Gasteiger partial charge in [0.05, 0.1) is 13.3 Å². The highest BCUT2D eigenvalue weighted by molar-refractivity contribution is 6.30. The Morgan fingerprint density at radius 2 is 1.87 bits per heavy atom. The van der Waals surface area contributed by atoms with E-state index in [1.165, 1.54) is 25.5 Å². The van der Waals surface area contributed by atoms with Crippen LogP contribution in [0.4, 0.5) is 8.78 Å². The van der Waals surface area contributed by atoms with Crippen LogP contribution in [0, 0.1) is 0 Å². The van der Waals surface area contributed by atoms with Gasteiger partial charge in [0.1, 0.15) is 6.61 Å². The van der Waals surface area contributed by atoms with E-state index in [4.69, 9.17) is 21.2 Å². The van der Waals surface area contributed by atoms with Gasteiger partial charge in [-0.25, -0.2) is 0 Å². The zero-order valence-electron chi connectivity index (χ0n) is 12.2. The van der Waals surface area contributed by atoms with Crippen LogP contribution in [0.15, 0.2) is 47.6 Å². The monoisotopic (exact) mass is 341 g/mol. The fraction of sp³-hybridized carbons (Fsp3) is 0.188. The zero-order chi connectivity index (χ0) is 16.7. The summed E-state index contributed by atoms with van der Waals surface area (Å²) in [6.45, 7) is -2.62. The number of halogens is 3. The van der Waals surface area contributed by atoms with Crippen molar-refractivity contribution in [1.82, 2.24) is 0 Å². The van der Waals surface area contributed by atoms with Crippen molar-refractivity contribution in [3.8, 4) is 11.5 Å². The topological polar surface area (TPSA) is 40.0 Å². The standard InChI is InChI=1S/C16H14ClF2NO3/c1-21-15-8-12(4-7-14(15)23-16(18)19)9-20-22-10-11-2-5-13(17)6-3-11/h2-9,16H,10H2,1H3/b20-9+. The number of ether oxygens (including phenoxy) is 2. The molecule has 122 valence electrons. The highest BCUT2D eigenvalue weighted by Crippen LogP contribution is 2.28. The summed E-state index contributed by atoms with van der Waals surface area (Å²) in [4.78, 5) is 5.17. The Labute approximate surface area is 137 Å². The Balaban J connectivity index is 1.95. The van der Waals surface area contributed by atoms with Crippen molar-refractivity contribution in [3.05, 3.63) is 58.6 Å². The summed E-state index contributed by atoms with van der Waals surface area (Å²) in [6.07, 6.45) is 1.45. The highest BCUT2D eigenvalue weighted by atomic mass is 35.5. The molecule has 0 N–H and O–H groups in total. The summed E-state index contributed by atoms with van der Waals surface area (Å²) in [5.41, 5.74) is 1.55. The van der Waals surface area contributed by atoms with Crippen LogP contribution < -0.4 is 9.47 Å². The lowest BCUT2D eigenvalue weighted by molar-refractivity contribution is -0.0512. The Kier molecular flexibility index (Phi) is 6.17. The second kappa shape index (κ2) is 8.33. The van der Waals surface area contributed by atoms with Crippen molar-refractivity contribution in [2.24, 2.45) is 5.16 Å². The van der Waals surface area contributed by atoms with E-state index in [0.29, 0.717) is 10.6 Å². The van der Waals surface area contributed by atoms with Gasteiger partial charge in [0.15, 0.2) is 11.5 Å². The van der Waals surface area contributed by atoms with Crippen molar-refractivity contribution in [2.45, 2.75) is 13.2 Å². The second-order valence-electron chi connectivity index (χ2n) is 4.42. The summed E-state index contributed by atoms with van der Waals surface area (Å²) < 4.78 is 33.8. The first kappa shape index (κ1) is 17.0. The van der Waals surface area contributed by atoms with Crippen molar-refractivity contribution in [2.75, 3.05) is 7.11 Å². The fourth-order valence-electron chi connectivity index (χ4n) is 1.75. The molecule has 0 spiro atoms. The molecule has 0 aliphatic carbocycles. The molecule has 0 amide bonds. The summed E-state index contributed by atoms with van der Waals surface area (Å²) in [5.74, 6) is 0.147. The van der Waals surface area contributed by atoms with Crippen LogP contribution in [0.25, 0.3) is 0 Å². The largest absolute Gasteiger partial charge is 0.493 e. The minimum absolute atomic E-state index is 0.0401. The van der Waals surface area contributed by atoms with E-state index < -0.39 is 6.61 Å². The van der Waals surface area contributed by atoms with Crippen LogP contribution in [0.3, 0.4) is 0 Å². The maximum absolute atomic E-state index is 12.2. The van der Waals surface area contributed by atoms with E-state index in [1.807, 2.05) is 12.1 Å². The molecule has 0 atom stereocenters. The normalized spacial score (nSPS) is 11.0. The number of oxime groups is 1. The molecule has 23 heavy (non-hydrogen) atoms. The van der Waals surface area contributed by atoms with E-state index >= 15 is 0 Å². The number of hydrogen-bond donors (Lipinski definition) is 0. The molecule has 0 unspecified atom stereocenters. The molecule has 2 aromatic rings. The van der Waals surface area contributed by atoms with Crippen LogP contribution in [0.5, 0.6) is 11.5 Å². The zero-order valence-corrected chi connectivity index (χ0v) is 13.0. The third-order valence-electron chi connectivity index (χ3n) is 2.82. The molecule has 2 aromatic carbocycles. The molecule has 0 fully saturated rings. The number of nitrogens with zero attached hydrogens (tertiary/aromatic N) is 1. The van der Waals surface area contributed by atoms with Gasteiger partial charge in [-0.05, 0) is 35.9 Å². The number of hydrogen-bond acceptors (Lipinski definition) is 4. The van der Waals surface area contributed by atoms with Crippen molar-refractivity contribution < 1.29 is 23.1 Å². The smallest absolute Gasteiger partial charge is 0.387 e. The van der Waals surface area contributed by atoms with E-state index in [2.05, 4.69) is 9.89 Å². The van der Waals surface area contributed by atoms with Gasteiger partial charge in [-0.15, -0.1) is 0 Å². The molecule has 7 heteroatoms. The molecule has 0 saturated heterocycles. The minimum atomic E-state index is -2.91. The first-order valence-corrected chi connectivity index (χ1v) is 6.99. The van der Waals surface area contributed by atoms with Crippen molar-refractivity contribution >= 4 is 17.8 Å². The van der Waals surface area contributed by atoms with Crippen LogP contribution in [-0.4, -0.2) is 19.9 Å². The summed E-state index contributed by atoms with van der Waals surface area (Å²) in [6, 6.07) is 11.6. The van der Waals surface area contributed by atoms with Gasteiger partial charge in [-0.1, -0.05) is 28.9 Å². The quantitative estimate of drug-likeness (QED) is 0.550. The van der Waals surface area contributed by atoms with Gasteiger partial charge >= 0.3 is 6.61 Å². The van der Waals surface area contributed by atoms with Gasteiger partial charge in [-0.3, -0.25) is 0 Å². The Hall–Kier alpha value is -2.34. The Bertz CT molecular complexity index is 663. The van der Waals surface area contributed by atoms with Gasteiger partial charge < -0.3 is 14.3 Å². The minimum Gasteiger partial charge on any atom is -0.493 e. The average molecular weight is 342 g/mol. The summed E-state index contributed by atoms with van der Waals surface area (Å²) in [5, 5.41) is 4.47. The molecule has 2 rings (SSSR count). The highest BCUT2D eigenvalue weighted by Gasteiger charge is 2.10. The van der Waals surface area contributed by atoms with Crippen LogP contribution in [-0.2, 0) is 11.4 Å². The van der Waals surface area contributed by atoms with Gasteiger partial charge in [-0.2, -0.15) is 8.78 Å². The van der Waals surface area contributed by atoms with Crippen LogP contribution in [0.1, 0.15) is 11.1 Å². The van der Waals surface area contributed by atoms with Crippen LogP contribution >= 0.6 is 11.6 Å². The molecule has 0 aliphatic rings. The third-order valence-corrected chi connectivity index (χ3v) is 3.08. The van der Waals surface area contributed by atoms with Crippen molar-refractivity contribution in [1.29, 1.82) is 0 Å². The second-order valence-corrected chi connectivity index (χ2v) is 4.86. The predicted octanol–water partition coefficient (Wildman–Crippen LogP) is 4.50. The first-order chi connectivity index (χ1) is 11.1. The Morgan fingerprint density at radius 1 is 1.13 bits per heavy atom. The Morgan fingerprint density at radius 3 is 2.52 bits per heavy atom. The molecule has 0 aliphatic heterocycles. The maximum Gasteiger partial charge on any atom is 0.387 e. The molecule has 0 bridgehead atoms. The predicted molar refractivity (Wildman–Crippen MR) is 83.5 cm³/mol. The summed E-state index contributed by atoms with van der Waals surface area (Å²) >= 11 is 5.79. The third kappa shape index (κ3) is 5.41. The first-order valence-electron chi connectivity index (χ1n) is 6.61. The summed E-state index contributed by atoms with van der Waals surface area (Å²) in [7, 11) is 1.37. The number of methoxy groups -OCH3 is 1. The van der Waals surface area contributed by atoms with E-state index in [9.17, 15) is 8.78 Å². The molecular formula is C16H14ClF2NO3.